The Morgan fingerprint density at radius 2 is 1.72 bits per heavy atom. The number of methoxy groups -OCH3 is 1. The first-order valence-corrected chi connectivity index (χ1v) is 10.3. The Kier molecular flexibility index (Phi) is 5.97. The number of carbonyl (C=O) groups excluding carboxylic acids is 2. The standard InChI is InChI=1S/C25H20ClFN2O3/c1-15-7-10-18(26)13-21(15)28-23-22(16-8-11-19(32-2)12-9-16)24(30)29(25(23)31)14-17-5-3-4-6-20(17)27/h3-13,28H,14H2,1-2H3. The molecule has 2 amide bonds. The van der Waals surface area contributed by atoms with Gasteiger partial charge in [0.05, 0.1) is 19.2 Å². The molecule has 0 saturated heterocycles. The molecule has 0 unspecified atom stereocenters. The molecule has 4 rings (SSSR count). The van der Waals surface area contributed by atoms with Gasteiger partial charge in [0, 0.05) is 16.3 Å². The van der Waals surface area contributed by atoms with Crippen molar-refractivity contribution in [3.63, 3.8) is 0 Å². The fourth-order valence-corrected chi connectivity index (χ4v) is 3.69. The summed E-state index contributed by atoms with van der Waals surface area (Å²) in [5.74, 6) is -0.908. The van der Waals surface area contributed by atoms with E-state index < -0.39 is 17.6 Å². The Labute approximate surface area is 190 Å². The normalized spacial score (nSPS) is 13.7. The highest BCUT2D eigenvalue weighted by Crippen LogP contribution is 2.33. The van der Waals surface area contributed by atoms with Crippen LogP contribution in [0, 0.1) is 12.7 Å². The number of rotatable bonds is 6. The number of hydrogen-bond donors (Lipinski definition) is 1. The SMILES string of the molecule is COc1ccc(C2=C(Nc3cc(Cl)ccc3C)C(=O)N(Cc3ccccc3F)C2=O)cc1. The van der Waals surface area contributed by atoms with E-state index in [1.54, 1.807) is 61.7 Å². The predicted octanol–water partition coefficient (Wildman–Crippen LogP) is 5.19. The molecule has 0 aliphatic carbocycles. The maximum atomic E-state index is 14.2. The first-order valence-electron chi connectivity index (χ1n) is 9.90. The first-order chi connectivity index (χ1) is 15.4. The molecule has 1 aliphatic rings. The molecule has 0 fully saturated rings. The number of amides is 2. The molecule has 3 aromatic rings. The number of nitrogens with one attached hydrogen (secondary N) is 1. The zero-order valence-corrected chi connectivity index (χ0v) is 18.2. The molecule has 32 heavy (non-hydrogen) atoms. The molecule has 0 radical (unpaired) electrons. The lowest BCUT2D eigenvalue weighted by molar-refractivity contribution is -0.137. The number of halogens is 2. The monoisotopic (exact) mass is 450 g/mol. The van der Waals surface area contributed by atoms with E-state index in [2.05, 4.69) is 5.32 Å². The van der Waals surface area contributed by atoms with Gasteiger partial charge in [-0.15, -0.1) is 0 Å². The predicted molar refractivity (Wildman–Crippen MR) is 122 cm³/mol. The van der Waals surface area contributed by atoms with E-state index in [4.69, 9.17) is 16.3 Å². The van der Waals surface area contributed by atoms with Crippen LogP contribution in [0.15, 0.2) is 72.4 Å². The van der Waals surface area contributed by atoms with Gasteiger partial charge in [-0.3, -0.25) is 14.5 Å². The van der Waals surface area contributed by atoms with E-state index in [1.165, 1.54) is 6.07 Å². The Bertz CT molecular complexity index is 1240. The minimum absolute atomic E-state index is 0.113. The number of anilines is 1. The van der Waals surface area contributed by atoms with Crippen LogP contribution in [-0.2, 0) is 16.1 Å². The summed E-state index contributed by atoms with van der Waals surface area (Å²) < 4.78 is 19.4. The van der Waals surface area contributed by atoms with Crippen LogP contribution in [0.5, 0.6) is 5.75 Å². The number of aryl methyl sites for hydroxylation is 1. The molecule has 1 heterocycles. The number of ether oxygens (including phenoxy) is 1. The fraction of sp³-hybridized carbons (Fsp3) is 0.120. The summed E-state index contributed by atoms with van der Waals surface area (Å²) in [4.78, 5) is 27.8. The molecule has 1 N–H and O–H groups in total. The van der Waals surface area contributed by atoms with Crippen LogP contribution in [0.2, 0.25) is 5.02 Å². The molecule has 0 atom stereocenters. The van der Waals surface area contributed by atoms with E-state index in [9.17, 15) is 14.0 Å². The Hall–Kier alpha value is -3.64. The van der Waals surface area contributed by atoms with Gasteiger partial charge in [0.25, 0.3) is 11.8 Å². The van der Waals surface area contributed by atoms with Gasteiger partial charge >= 0.3 is 0 Å². The van der Waals surface area contributed by atoms with Crippen LogP contribution in [-0.4, -0.2) is 23.8 Å². The van der Waals surface area contributed by atoms with E-state index in [1.807, 2.05) is 13.0 Å². The van der Waals surface area contributed by atoms with Crippen molar-refractivity contribution in [2.24, 2.45) is 0 Å². The maximum absolute atomic E-state index is 14.2. The highest BCUT2D eigenvalue weighted by Gasteiger charge is 2.39. The summed E-state index contributed by atoms with van der Waals surface area (Å²) in [5, 5.41) is 3.59. The average molecular weight is 451 g/mol. The second-order valence-corrected chi connectivity index (χ2v) is 7.79. The Morgan fingerprint density at radius 1 is 1.00 bits per heavy atom. The Morgan fingerprint density at radius 3 is 2.41 bits per heavy atom. The molecule has 0 saturated carbocycles. The summed E-state index contributed by atoms with van der Waals surface area (Å²) in [6, 6.07) is 18.2. The second kappa shape index (κ2) is 8.85. The topological polar surface area (TPSA) is 58.6 Å². The third-order valence-corrected chi connectivity index (χ3v) is 5.53. The van der Waals surface area contributed by atoms with Crippen molar-refractivity contribution in [1.82, 2.24) is 4.90 Å². The lowest BCUT2D eigenvalue weighted by Crippen LogP contribution is -2.32. The van der Waals surface area contributed by atoms with E-state index in [-0.39, 0.29) is 23.4 Å². The molecule has 0 bridgehead atoms. The number of benzene rings is 3. The average Bonchev–Trinajstić information content (AvgIpc) is 3.02. The molecule has 3 aromatic carbocycles. The maximum Gasteiger partial charge on any atom is 0.278 e. The van der Waals surface area contributed by atoms with Crippen LogP contribution < -0.4 is 10.1 Å². The van der Waals surface area contributed by atoms with Crippen molar-refractivity contribution in [3.8, 4) is 5.75 Å². The first kappa shape index (κ1) is 21.6. The molecule has 5 nitrogen and oxygen atoms in total. The smallest absolute Gasteiger partial charge is 0.278 e. The quantitative estimate of drug-likeness (QED) is 0.525. The molecular formula is C25H20ClFN2O3. The van der Waals surface area contributed by atoms with Crippen LogP contribution in [0.1, 0.15) is 16.7 Å². The van der Waals surface area contributed by atoms with Gasteiger partial charge in [-0.2, -0.15) is 0 Å². The fourth-order valence-electron chi connectivity index (χ4n) is 3.52. The summed E-state index contributed by atoms with van der Waals surface area (Å²) in [6.45, 7) is 1.69. The number of nitrogens with zero attached hydrogens (tertiary/aromatic N) is 1. The Balaban J connectivity index is 1.78. The van der Waals surface area contributed by atoms with Gasteiger partial charge < -0.3 is 10.1 Å². The van der Waals surface area contributed by atoms with Gasteiger partial charge in [-0.05, 0) is 48.4 Å². The second-order valence-electron chi connectivity index (χ2n) is 7.35. The van der Waals surface area contributed by atoms with Gasteiger partial charge in [0.15, 0.2) is 0 Å². The van der Waals surface area contributed by atoms with Crippen molar-refractivity contribution >= 4 is 34.7 Å². The molecule has 162 valence electrons. The van der Waals surface area contributed by atoms with Crippen molar-refractivity contribution in [2.45, 2.75) is 13.5 Å². The summed E-state index contributed by atoms with van der Waals surface area (Å²) in [5.41, 5.74) is 2.57. The summed E-state index contributed by atoms with van der Waals surface area (Å²) >= 11 is 6.13. The van der Waals surface area contributed by atoms with Crippen molar-refractivity contribution in [2.75, 3.05) is 12.4 Å². The minimum atomic E-state index is -0.538. The molecule has 1 aliphatic heterocycles. The number of carbonyl (C=O) groups is 2. The third-order valence-electron chi connectivity index (χ3n) is 5.29. The molecule has 0 spiro atoms. The zero-order chi connectivity index (χ0) is 22.8. The lowest BCUT2D eigenvalue weighted by Gasteiger charge is -2.16. The van der Waals surface area contributed by atoms with E-state index in [0.29, 0.717) is 22.0 Å². The highest BCUT2D eigenvalue weighted by atomic mass is 35.5. The zero-order valence-electron chi connectivity index (χ0n) is 17.5. The van der Waals surface area contributed by atoms with Crippen LogP contribution in [0.25, 0.3) is 5.57 Å². The molecular weight excluding hydrogens is 431 g/mol. The van der Waals surface area contributed by atoms with Crippen LogP contribution >= 0.6 is 11.6 Å². The number of imide groups is 1. The van der Waals surface area contributed by atoms with Crippen molar-refractivity contribution in [1.29, 1.82) is 0 Å². The van der Waals surface area contributed by atoms with E-state index >= 15 is 0 Å². The lowest BCUT2D eigenvalue weighted by atomic mass is 10.0. The third kappa shape index (κ3) is 4.09. The van der Waals surface area contributed by atoms with Gasteiger partial charge in [-0.25, -0.2) is 4.39 Å². The van der Waals surface area contributed by atoms with Crippen LogP contribution in [0.4, 0.5) is 10.1 Å². The van der Waals surface area contributed by atoms with Crippen LogP contribution in [0.3, 0.4) is 0 Å². The number of hydrogen-bond acceptors (Lipinski definition) is 4. The highest BCUT2D eigenvalue weighted by molar-refractivity contribution is 6.36. The molecule has 0 aromatic heterocycles. The van der Waals surface area contributed by atoms with Gasteiger partial charge in [0.1, 0.15) is 17.3 Å². The van der Waals surface area contributed by atoms with E-state index in [0.717, 1.165) is 10.5 Å². The van der Waals surface area contributed by atoms with Crippen molar-refractivity contribution in [3.05, 3.63) is 100.0 Å². The van der Waals surface area contributed by atoms with Gasteiger partial charge in [0.2, 0.25) is 0 Å². The molecule has 7 heteroatoms. The largest absolute Gasteiger partial charge is 0.497 e. The summed E-state index contributed by atoms with van der Waals surface area (Å²) in [6.07, 6.45) is 0. The van der Waals surface area contributed by atoms with Crippen molar-refractivity contribution < 1.29 is 18.7 Å². The minimum Gasteiger partial charge on any atom is -0.497 e. The summed E-state index contributed by atoms with van der Waals surface area (Å²) in [7, 11) is 1.55. The van der Waals surface area contributed by atoms with Gasteiger partial charge in [-0.1, -0.05) is 48.0 Å².